The zero-order valence-electron chi connectivity index (χ0n) is 30.1. The fourth-order valence-corrected chi connectivity index (χ4v) is 10.2. The summed E-state index contributed by atoms with van der Waals surface area (Å²) in [4.78, 5) is 2.47. The van der Waals surface area contributed by atoms with Gasteiger partial charge in [-0.2, -0.15) is 0 Å². The minimum atomic E-state index is -0.491. The normalized spacial score (nSPS) is 12.9. The highest BCUT2D eigenvalue weighted by Gasteiger charge is 2.46. The number of thiophene rings is 1. The van der Waals surface area contributed by atoms with Crippen molar-refractivity contribution in [2.75, 3.05) is 4.90 Å². The molecule has 0 bridgehead atoms. The molecule has 0 atom stereocenters. The van der Waals surface area contributed by atoms with Gasteiger partial charge in [-0.1, -0.05) is 164 Å². The second-order valence-corrected chi connectivity index (χ2v) is 15.5. The van der Waals surface area contributed by atoms with E-state index in [-0.39, 0.29) is 0 Å². The molecule has 0 radical (unpaired) electrons. The van der Waals surface area contributed by atoms with E-state index >= 15 is 0 Å². The molecule has 1 aromatic heterocycles. The number of hydrogen-bond acceptors (Lipinski definition) is 2. The van der Waals surface area contributed by atoms with E-state index in [0.717, 1.165) is 17.1 Å². The maximum Gasteiger partial charge on any atom is 0.0714 e. The number of nitrogens with zero attached hydrogens (tertiary/aromatic N) is 1. The van der Waals surface area contributed by atoms with Crippen molar-refractivity contribution in [3.63, 3.8) is 0 Å². The average Bonchev–Trinajstić information content (AvgIpc) is 3.78. The first-order valence-electron chi connectivity index (χ1n) is 18.9. The Morgan fingerprint density at radius 2 is 0.982 bits per heavy atom. The summed E-state index contributed by atoms with van der Waals surface area (Å²) in [5, 5.41) is 5.05. The molecule has 258 valence electrons. The fraction of sp³-hybridized carbons (Fsp3) is 0.0189. The highest BCUT2D eigenvalue weighted by Crippen LogP contribution is 2.57. The Hall–Kier alpha value is -6.74. The van der Waals surface area contributed by atoms with Crippen LogP contribution in [0.5, 0.6) is 0 Å². The smallest absolute Gasteiger partial charge is 0.0714 e. The Morgan fingerprint density at radius 3 is 1.82 bits per heavy atom. The summed E-state index contributed by atoms with van der Waals surface area (Å²) in [6.07, 6.45) is 0. The summed E-state index contributed by atoms with van der Waals surface area (Å²) < 4.78 is 2.64. The van der Waals surface area contributed by atoms with Gasteiger partial charge in [-0.3, -0.25) is 0 Å². The van der Waals surface area contributed by atoms with Crippen LogP contribution in [0.25, 0.3) is 53.2 Å². The topological polar surface area (TPSA) is 3.24 Å². The molecule has 1 aliphatic rings. The van der Waals surface area contributed by atoms with Gasteiger partial charge in [-0.15, -0.1) is 11.3 Å². The van der Waals surface area contributed by atoms with Gasteiger partial charge in [0.1, 0.15) is 0 Å². The Labute approximate surface area is 325 Å². The third-order valence-electron chi connectivity index (χ3n) is 11.5. The van der Waals surface area contributed by atoms with Gasteiger partial charge in [0, 0.05) is 36.9 Å². The Morgan fingerprint density at radius 1 is 0.364 bits per heavy atom. The molecule has 55 heavy (non-hydrogen) atoms. The van der Waals surface area contributed by atoms with E-state index in [1.807, 2.05) is 11.3 Å². The summed E-state index contributed by atoms with van der Waals surface area (Å²) >= 11 is 1.86. The fourth-order valence-electron chi connectivity index (χ4n) is 9.13. The van der Waals surface area contributed by atoms with Crippen LogP contribution in [0.1, 0.15) is 22.3 Å². The van der Waals surface area contributed by atoms with Gasteiger partial charge in [-0.05, 0) is 98.4 Å². The van der Waals surface area contributed by atoms with Crippen molar-refractivity contribution in [2.45, 2.75) is 5.41 Å². The molecule has 11 rings (SSSR count). The third-order valence-corrected chi connectivity index (χ3v) is 12.7. The number of rotatable bonds is 6. The lowest BCUT2D eigenvalue weighted by Crippen LogP contribution is -2.28. The molecule has 9 aromatic carbocycles. The third kappa shape index (κ3) is 4.92. The molecule has 0 fully saturated rings. The predicted octanol–water partition coefficient (Wildman–Crippen LogP) is 14.7. The number of anilines is 3. The van der Waals surface area contributed by atoms with E-state index in [9.17, 15) is 0 Å². The largest absolute Gasteiger partial charge is 0.310 e. The SMILES string of the molecule is c1ccc(C2(c3ccccc3)c3ccccc3-c3ccc(N(c4cccc(-c5ccc6sc7ccccc7c6c5)c4)c4cccc5ccccc45)cc32)cc1. The Kier molecular flexibility index (Phi) is 7.33. The van der Waals surface area contributed by atoms with Gasteiger partial charge >= 0.3 is 0 Å². The average molecular weight is 718 g/mol. The van der Waals surface area contributed by atoms with Crippen LogP contribution in [0, 0.1) is 0 Å². The summed E-state index contributed by atoms with van der Waals surface area (Å²) in [5.41, 5.74) is 13.0. The van der Waals surface area contributed by atoms with E-state index in [0.29, 0.717) is 0 Å². The second kappa shape index (κ2) is 12.7. The van der Waals surface area contributed by atoms with Crippen molar-refractivity contribution in [3.05, 3.63) is 235 Å². The van der Waals surface area contributed by atoms with Crippen LogP contribution >= 0.6 is 11.3 Å². The zero-order chi connectivity index (χ0) is 36.3. The molecule has 10 aromatic rings. The lowest BCUT2D eigenvalue weighted by atomic mass is 9.67. The van der Waals surface area contributed by atoms with Crippen molar-refractivity contribution in [1.29, 1.82) is 0 Å². The molecular weight excluding hydrogens is 683 g/mol. The van der Waals surface area contributed by atoms with E-state index in [1.165, 1.54) is 75.5 Å². The lowest BCUT2D eigenvalue weighted by molar-refractivity contribution is 0.768. The highest BCUT2D eigenvalue weighted by molar-refractivity contribution is 7.25. The van der Waals surface area contributed by atoms with E-state index < -0.39 is 5.41 Å². The van der Waals surface area contributed by atoms with Crippen molar-refractivity contribution >= 4 is 59.3 Å². The molecule has 0 unspecified atom stereocenters. The first-order valence-corrected chi connectivity index (χ1v) is 19.7. The van der Waals surface area contributed by atoms with Crippen LogP contribution in [-0.4, -0.2) is 0 Å². The molecule has 0 spiro atoms. The van der Waals surface area contributed by atoms with Crippen LogP contribution in [0.15, 0.2) is 212 Å². The van der Waals surface area contributed by atoms with Crippen molar-refractivity contribution in [1.82, 2.24) is 0 Å². The van der Waals surface area contributed by atoms with Crippen LogP contribution in [-0.2, 0) is 5.41 Å². The maximum atomic E-state index is 2.47. The minimum Gasteiger partial charge on any atom is -0.310 e. The first-order chi connectivity index (χ1) is 27.3. The van der Waals surface area contributed by atoms with Crippen LogP contribution in [0.4, 0.5) is 17.1 Å². The summed E-state index contributed by atoms with van der Waals surface area (Å²) in [7, 11) is 0. The molecule has 1 nitrogen and oxygen atoms in total. The monoisotopic (exact) mass is 717 g/mol. The molecule has 0 amide bonds. The molecule has 0 N–H and O–H groups in total. The molecular formula is C53H35NS. The minimum absolute atomic E-state index is 0.491. The molecule has 0 saturated heterocycles. The number of benzene rings is 9. The van der Waals surface area contributed by atoms with Gasteiger partial charge < -0.3 is 4.90 Å². The van der Waals surface area contributed by atoms with Crippen LogP contribution in [0.2, 0.25) is 0 Å². The van der Waals surface area contributed by atoms with Crippen LogP contribution < -0.4 is 4.90 Å². The Bertz CT molecular complexity index is 3000. The molecule has 0 aliphatic heterocycles. The van der Waals surface area contributed by atoms with Gasteiger partial charge in [0.05, 0.1) is 11.1 Å². The predicted molar refractivity (Wildman–Crippen MR) is 234 cm³/mol. The molecule has 2 heteroatoms. The molecule has 0 saturated carbocycles. The maximum absolute atomic E-state index is 2.47. The standard InChI is InChI=1S/C53H35NS/c1-3-18-39(19-4-1)53(40-20-5-2-6-21-40)48-26-11-9-24-44(48)45-31-30-42(35-49(45)53)54(50-27-14-16-36-15-7-8-23-43(36)50)41-22-13-17-37(33-41)38-29-32-52-47(34-38)46-25-10-12-28-51(46)55-52/h1-35H. The van der Waals surface area contributed by atoms with Crippen molar-refractivity contribution < 1.29 is 0 Å². The number of fused-ring (bicyclic) bond motifs is 7. The van der Waals surface area contributed by atoms with Crippen LogP contribution in [0.3, 0.4) is 0 Å². The van der Waals surface area contributed by atoms with E-state index in [2.05, 4.69) is 217 Å². The quantitative estimate of drug-likeness (QED) is 0.166. The second-order valence-electron chi connectivity index (χ2n) is 14.5. The highest BCUT2D eigenvalue weighted by atomic mass is 32.1. The summed E-state index contributed by atoms with van der Waals surface area (Å²) in [5.74, 6) is 0. The van der Waals surface area contributed by atoms with Crippen molar-refractivity contribution in [3.8, 4) is 22.3 Å². The lowest BCUT2D eigenvalue weighted by Gasteiger charge is -2.35. The zero-order valence-corrected chi connectivity index (χ0v) is 30.9. The Balaban J connectivity index is 1.16. The summed E-state index contributed by atoms with van der Waals surface area (Å²) in [6, 6.07) is 78.4. The van der Waals surface area contributed by atoms with Gasteiger partial charge in [0.2, 0.25) is 0 Å². The van der Waals surface area contributed by atoms with E-state index in [1.54, 1.807) is 0 Å². The molecule has 1 heterocycles. The molecule has 1 aliphatic carbocycles. The van der Waals surface area contributed by atoms with E-state index in [4.69, 9.17) is 0 Å². The van der Waals surface area contributed by atoms with Crippen molar-refractivity contribution in [2.24, 2.45) is 0 Å². The van der Waals surface area contributed by atoms with Gasteiger partial charge in [0.15, 0.2) is 0 Å². The number of hydrogen-bond donors (Lipinski definition) is 0. The van der Waals surface area contributed by atoms with Gasteiger partial charge in [0.25, 0.3) is 0 Å². The van der Waals surface area contributed by atoms with Gasteiger partial charge in [-0.25, -0.2) is 0 Å². The summed E-state index contributed by atoms with van der Waals surface area (Å²) in [6.45, 7) is 0. The first kappa shape index (κ1) is 31.8.